The fraction of sp³-hybridized carbons (Fsp3) is 0.0500. The van der Waals surface area contributed by atoms with Crippen LogP contribution in [-0.2, 0) is 0 Å². The molecule has 4 rings (SSSR count). The summed E-state index contributed by atoms with van der Waals surface area (Å²) in [5, 5.41) is 11.9. The average molecular weight is 302 g/mol. The molecule has 3 aromatic rings. The smallest absolute Gasteiger partial charge is 0.186 e. The second-order valence-electron chi connectivity index (χ2n) is 5.49. The lowest BCUT2D eigenvalue weighted by Gasteiger charge is -2.19. The summed E-state index contributed by atoms with van der Waals surface area (Å²) in [7, 11) is 1.53. The van der Waals surface area contributed by atoms with Crippen molar-refractivity contribution < 1.29 is 14.6 Å². The van der Waals surface area contributed by atoms with Crippen LogP contribution in [0.1, 0.15) is 15.9 Å². The largest absolute Gasteiger partial charge is 0.504 e. The van der Waals surface area contributed by atoms with Crippen molar-refractivity contribution in [3.05, 3.63) is 65.7 Å². The highest BCUT2D eigenvalue weighted by atomic mass is 16.5. The molecule has 0 amide bonds. The molecule has 1 N–H and O–H groups in total. The minimum atomic E-state index is -0.0325. The lowest BCUT2D eigenvalue weighted by Crippen LogP contribution is -2.03. The molecule has 0 unspecified atom stereocenters. The number of ether oxygens (including phenoxy) is 1. The molecule has 0 atom stereocenters. The zero-order chi connectivity index (χ0) is 16.0. The van der Waals surface area contributed by atoms with E-state index in [1.54, 1.807) is 12.1 Å². The molecular formula is C20H14O3. The molecule has 3 nitrogen and oxygen atoms in total. The van der Waals surface area contributed by atoms with Gasteiger partial charge in [0.2, 0.25) is 0 Å². The van der Waals surface area contributed by atoms with Gasteiger partial charge in [0.1, 0.15) is 0 Å². The van der Waals surface area contributed by atoms with Crippen LogP contribution in [-0.4, -0.2) is 18.0 Å². The second kappa shape index (κ2) is 4.99. The van der Waals surface area contributed by atoms with Gasteiger partial charge in [0.25, 0.3) is 0 Å². The van der Waals surface area contributed by atoms with Crippen LogP contribution in [0.15, 0.2) is 54.6 Å². The van der Waals surface area contributed by atoms with Crippen LogP contribution in [0.5, 0.6) is 11.5 Å². The standard InChI is InChI=1S/C20H14O3/c1-23-20-17(22)11-13-7-10-16(21)15-9-8-14(19(20)18(13)15)12-5-3-2-4-6-12/h2-11,22H,1H3. The highest BCUT2D eigenvalue weighted by Crippen LogP contribution is 2.45. The molecular weight excluding hydrogens is 288 g/mol. The topological polar surface area (TPSA) is 46.5 Å². The number of benzene rings is 3. The second-order valence-corrected chi connectivity index (χ2v) is 5.49. The molecule has 112 valence electrons. The molecule has 0 heterocycles. The SMILES string of the molecule is COc1c(O)cc2c3c(ccc(-c4ccccc4)c13)C(=O)C=C2. The summed E-state index contributed by atoms with van der Waals surface area (Å²) in [5.74, 6) is 0.436. The monoisotopic (exact) mass is 302 g/mol. The number of hydrogen-bond donors (Lipinski definition) is 1. The Hall–Kier alpha value is -3.07. The van der Waals surface area contributed by atoms with E-state index in [1.165, 1.54) is 13.2 Å². The number of aromatic hydroxyl groups is 1. The highest BCUT2D eigenvalue weighted by molar-refractivity contribution is 6.23. The molecule has 1 aliphatic carbocycles. The minimum absolute atomic E-state index is 0.0325. The first-order valence-corrected chi connectivity index (χ1v) is 7.35. The van der Waals surface area contributed by atoms with Gasteiger partial charge in [-0.15, -0.1) is 0 Å². The quantitative estimate of drug-likeness (QED) is 0.761. The maximum atomic E-state index is 12.2. The first-order chi connectivity index (χ1) is 11.2. The van der Waals surface area contributed by atoms with E-state index in [2.05, 4.69) is 0 Å². The van der Waals surface area contributed by atoms with E-state index >= 15 is 0 Å². The van der Waals surface area contributed by atoms with E-state index in [9.17, 15) is 9.90 Å². The summed E-state index contributed by atoms with van der Waals surface area (Å²) in [6.07, 6.45) is 3.27. The Morgan fingerprint density at radius 1 is 0.913 bits per heavy atom. The Labute approximate surface area is 133 Å². The van der Waals surface area contributed by atoms with Gasteiger partial charge in [0.15, 0.2) is 17.3 Å². The highest BCUT2D eigenvalue weighted by Gasteiger charge is 2.22. The lowest BCUT2D eigenvalue weighted by molar-refractivity contribution is 0.104. The number of phenols is 1. The van der Waals surface area contributed by atoms with Gasteiger partial charge in [-0.25, -0.2) is 0 Å². The number of carbonyl (C=O) groups is 1. The summed E-state index contributed by atoms with van der Waals surface area (Å²) >= 11 is 0. The normalized spacial score (nSPS) is 12.7. The third-order valence-corrected chi connectivity index (χ3v) is 4.21. The first-order valence-electron chi connectivity index (χ1n) is 7.35. The van der Waals surface area contributed by atoms with Crippen molar-refractivity contribution in [2.24, 2.45) is 0 Å². The molecule has 3 aromatic carbocycles. The number of carbonyl (C=O) groups excluding carboxylic acids is 1. The molecule has 0 bridgehead atoms. The van der Waals surface area contributed by atoms with Gasteiger partial charge < -0.3 is 9.84 Å². The molecule has 3 heteroatoms. The number of ketones is 1. The van der Waals surface area contributed by atoms with Crippen LogP contribution >= 0.6 is 0 Å². The van der Waals surface area contributed by atoms with Crippen molar-refractivity contribution in [2.45, 2.75) is 0 Å². The van der Waals surface area contributed by atoms with E-state index in [4.69, 9.17) is 4.74 Å². The van der Waals surface area contributed by atoms with E-state index in [-0.39, 0.29) is 11.5 Å². The van der Waals surface area contributed by atoms with E-state index in [0.717, 1.165) is 27.5 Å². The first kappa shape index (κ1) is 13.6. The van der Waals surface area contributed by atoms with Crippen molar-refractivity contribution in [3.63, 3.8) is 0 Å². The third kappa shape index (κ3) is 1.94. The van der Waals surface area contributed by atoms with Gasteiger partial charge in [-0.05, 0) is 34.9 Å². The van der Waals surface area contributed by atoms with Gasteiger partial charge in [-0.2, -0.15) is 0 Å². The summed E-state index contributed by atoms with van der Waals surface area (Å²) in [6, 6.07) is 15.3. The lowest BCUT2D eigenvalue weighted by atomic mass is 9.87. The van der Waals surface area contributed by atoms with Crippen LogP contribution in [0.2, 0.25) is 0 Å². The van der Waals surface area contributed by atoms with Crippen LogP contribution in [0.4, 0.5) is 0 Å². The van der Waals surface area contributed by atoms with E-state index in [0.29, 0.717) is 11.3 Å². The van der Waals surface area contributed by atoms with Crippen LogP contribution in [0.3, 0.4) is 0 Å². The van der Waals surface area contributed by atoms with Crippen molar-refractivity contribution >= 4 is 22.6 Å². The number of allylic oxidation sites excluding steroid dienone is 1. The van der Waals surface area contributed by atoms with Gasteiger partial charge in [-0.1, -0.05) is 42.5 Å². The van der Waals surface area contributed by atoms with Crippen molar-refractivity contribution in [2.75, 3.05) is 7.11 Å². The van der Waals surface area contributed by atoms with E-state index in [1.807, 2.05) is 42.5 Å². The Balaban J connectivity index is 2.21. The molecule has 0 saturated heterocycles. The molecule has 0 aliphatic heterocycles. The molecule has 0 radical (unpaired) electrons. The van der Waals surface area contributed by atoms with Crippen LogP contribution < -0.4 is 4.74 Å². The minimum Gasteiger partial charge on any atom is -0.504 e. The number of hydrogen-bond acceptors (Lipinski definition) is 3. The van der Waals surface area contributed by atoms with Crippen molar-refractivity contribution in [1.29, 1.82) is 0 Å². The third-order valence-electron chi connectivity index (χ3n) is 4.21. The van der Waals surface area contributed by atoms with Gasteiger partial charge in [-0.3, -0.25) is 4.79 Å². The van der Waals surface area contributed by atoms with Gasteiger partial charge in [0, 0.05) is 16.3 Å². The van der Waals surface area contributed by atoms with Crippen molar-refractivity contribution in [3.8, 4) is 22.6 Å². The Morgan fingerprint density at radius 3 is 2.39 bits per heavy atom. The van der Waals surface area contributed by atoms with Crippen LogP contribution in [0.25, 0.3) is 28.0 Å². The fourth-order valence-corrected chi connectivity index (χ4v) is 3.21. The summed E-state index contributed by atoms with van der Waals surface area (Å²) < 4.78 is 5.45. The molecule has 0 spiro atoms. The number of rotatable bonds is 2. The van der Waals surface area contributed by atoms with Gasteiger partial charge >= 0.3 is 0 Å². The maximum Gasteiger partial charge on any atom is 0.186 e. The van der Waals surface area contributed by atoms with Crippen LogP contribution in [0, 0.1) is 0 Å². The summed E-state index contributed by atoms with van der Waals surface area (Å²) in [6.45, 7) is 0. The Kier molecular flexibility index (Phi) is 2.95. The predicted octanol–water partition coefficient (Wildman–Crippen LogP) is 4.43. The molecule has 0 aromatic heterocycles. The summed E-state index contributed by atoms with van der Waals surface area (Å²) in [4.78, 5) is 12.2. The maximum absolute atomic E-state index is 12.2. The molecule has 23 heavy (non-hydrogen) atoms. The van der Waals surface area contributed by atoms with Crippen molar-refractivity contribution in [1.82, 2.24) is 0 Å². The number of phenolic OH excluding ortho intramolecular Hbond substituents is 1. The van der Waals surface area contributed by atoms with Gasteiger partial charge in [0.05, 0.1) is 7.11 Å². The van der Waals surface area contributed by atoms with E-state index < -0.39 is 0 Å². The molecule has 1 aliphatic rings. The predicted molar refractivity (Wildman–Crippen MR) is 91.0 cm³/mol. The summed E-state index contributed by atoms with van der Waals surface area (Å²) in [5.41, 5.74) is 3.40. The fourth-order valence-electron chi connectivity index (χ4n) is 3.21. The zero-order valence-electron chi connectivity index (χ0n) is 12.5. The molecule has 0 saturated carbocycles. The Morgan fingerprint density at radius 2 is 1.65 bits per heavy atom. The number of methoxy groups -OCH3 is 1. The average Bonchev–Trinajstić information content (AvgIpc) is 2.58. The zero-order valence-corrected chi connectivity index (χ0v) is 12.5. The Bertz CT molecular complexity index is 969. The molecule has 0 fully saturated rings.